The second kappa shape index (κ2) is 8.49. The zero-order valence-electron chi connectivity index (χ0n) is 17.7. The van der Waals surface area contributed by atoms with Gasteiger partial charge in [-0.05, 0) is 31.2 Å². The number of aryl methyl sites for hydroxylation is 1. The minimum Gasteiger partial charge on any atom is -0.325 e. The zero-order valence-corrected chi connectivity index (χ0v) is 18.6. The van der Waals surface area contributed by atoms with E-state index in [1.165, 1.54) is 12.1 Å². The summed E-state index contributed by atoms with van der Waals surface area (Å²) in [6.07, 6.45) is -0.953. The van der Waals surface area contributed by atoms with E-state index in [1.54, 1.807) is 21.3 Å². The predicted octanol–water partition coefficient (Wildman–Crippen LogP) is 5.10. The van der Waals surface area contributed by atoms with Crippen molar-refractivity contribution >= 4 is 34.5 Å². The van der Waals surface area contributed by atoms with Crippen molar-refractivity contribution in [1.29, 1.82) is 0 Å². The zero-order chi connectivity index (χ0) is 23.9. The maximum atomic E-state index is 12.9. The van der Waals surface area contributed by atoms with Gasteiger partial charge in [-0.15, -0.1) is 10.2 Å². The Balaban J connectivity index is 1.33. The number of nitrogens with one attached hydrogen (secondary N) is 1. The van der Waals surface area contributed by atoms with Crippen LogP contribution in [0.25, 0.3) is 22.4 Å². The van der Waals surface area contributed by atoms with E-state index in [9.17, 15) is 18.0 Å². The fourth-order valence-electron chi connectivity index (χ4n) is 3.46. The van der Waals surface area contributed by atoms with Crippen LogP contribution in [0.15, 0.2) is 72.1 Å². The van der Waals surface area contributed by atoms with E-state index in [-0.39, 0.29) is 11.4 Å². The highest BCUT2D eigenvalue weighted by Gasteiger charge is 2.30. The molecule has 0 unspecified atom stereocenters. The predicted molar refractivity (Wildman–Crippen MR) is 123 cm³/mol. The van der Waals surface area contributed by atoms with Crippen LogP contribution >= 0.6 is 11.8 Å². The van der Waals surface area contributed by atoms with E-state index in [2.05, 4.69) is 20.6 Å². The molecule has 3 aromatic heterocycles. The van der Waals surface area contributed by atoms with Crippen LogP contribution in [0.1, 0.15) is 11.1 Å². The number of amides is 1. The number of halogens is 3. The normalized spacial score (nSPS) is 11.9. The maximum Gasteiger partial charge on any atom is 0.416 e. The minimum atomic E-state index is -4.48. The number of rotatable bonds is 5. The summed E-state index contributed by atoms with van der Waals surface area (Å²) in [5, 5.41) is 16.0. The molecule has 0 aliphatic carbocycles. The number of carbonyl (C=O) groups excluding carboxylic acids is 1. The molecule has 0 saturated heterocycles. The van der Waals surface area contributed by atoms with Crippen molar-refractivity contribution in [2.24, 2.45) is 0 Å². The number of carbonyl (C=O) groups is 1. The number of fused-ring (bicyclic) bond motifs is 3. The number of aromatic nitrogens is 5. The molecule has 0 aliphatic rings. The molecule has 1 amide bonds. The average molecular weight is 482 g/mol. The Labute approximate surface area is 195 Å². The Morgan fingerprint density at radius 3 is 2.62 bits per heavy atom. The molecule has 5 rings (SSSR count). The number of hydrogen-bond acceptors (Lipinski definition) is 5. The van der Waals surface area contributed by atoms with E-state index < -0.39 is 17.6 Å². The molecule has 1 N–H and O–H groups in total. The molecule has 0 bridgehead atoms. The van der Waals surface area contributed by atoms with E-state index in [4.69, 9.17) is 0 Å². The summed E-state index contributed by atoms with van der Waals surface area (Å²) in [5.41, 5.74) is 3.53. The lowest BCUT2D eigenvalue weighted by Crippen LogP contribution is -2.15. The van der Waals surface area contributed by atoms with E-state index >= 15 is 0 Å². The van der Waals surface area contributed by atoms with Crippen molar-refractivity contribution in [2.45, 2.75) is 18.3 Å². The van der Waals surface area contributed by atoms with E-state index in [1.807, 2.05) is 37.3 Å². The smallest absolute Gasteiger partial charge is 0.325 e. The highest BCUT2D eigenvalue weighted by molar-refractivity contribution is 7.99. The van der Waals surface area contributed by atoms with Crippen LogP contribution in [-0.2, 0) is 11.0 Å². The third kappa shape index (κ3) is 4.34. The molecule has 5 aromatic rings. The third-order valence-electron chi connectivity index (χ3n) is 5.14. The van der Waals surface area contributed by atoms with Gasteiger partial charge in [-0.25, -0.2) is 4.52 Å². The molecule has 34 heavy (non-hydrogen) atoms. The molecule has 0 aliphatic heterocycles. The van der Waals surface area contributed by atoms with Gasteiger partial charge in [-0.1, -0.05) is 47.7 Å². The molecular weight excluding hydrogens is 465 g/mol. The van der Waals surface area contributed by atoms with Gasteiger partial charge in [0.05, 0.1) is 17.0 Å². The molecule has 172 valence electrons. The molecule has 0 radical (unpaired) electrons. The van der Waals surface area contributed by atoms with E-state index in [0.717, 1.165) is 46.2 Å². The van der Waals surface area contributed by atoms with Gasteiger partial charge >= 0.3 is 6.18 Å². The summed E-state index contributed by atoms with van der Waals surface area (Å²) in [6, 6.07) is 14.5. The highest BCUT2D eigenvalue weighted by Crippen LogP contribution is 2.31. The summed E-state index contributed by atoms with van der Waals surface area (Å²) in [6.45, 7) is 2.02. The van der Waals surface area contributed by atoms with Crippen molar-refractivity contribution < 1.29 is 18.0 Å². The van der Waals surface area contributed by atoms with Gasteiger partial charge in [-0.2, -0.15) is 18.3 Å². The molecule has 0 spiro atoms. The number of nitrogens with zero attached hydrogens (tertiary/aromatic N) is 5. The lowest BCUT2D eigenvalue weighted by molar-refractivity contribution is -0.137. The second-order valence-corrected chi connectivity index (χ2v) is 8.56. The first-order chi connectivity index (χ1) is 16.3. The van der Waals surface area contributed by atoms with Crippen LogP contribution in [0.2, 0.25) is 0 Å². The lowest BCUT2D eigenvalue weighted by atomic mass is 10.1. The number of anilines is 1. The summed E-state index contributed by atoms with van der Waals surface area (Å²) in [4.78, 5) is 12.3. The van der Waals surface area contributed by atoms with Gasteiger partial charge in [0.15, 0.2) is 10.8 Å². The van der Waals surface area contributed by atoms with Crippen molar-refractivity contribution in [3.8, 4) is 11.3 Å². The quantitative estimate of drug-likeness (QED) is 0.353. The van der Waals surface area contributed by atoms with Crippen LogP contribution in [0, 0.1) is 6.92 Å². The Morgan fingerprint density at radius 2 is 1.85 bits per heavy atom. The van der Waals surface area contributed by atoms with Crippen LogP contribution in [0.4, 0.5) is 18.9 Å². The Bertz CT molecular complexity index is 1510. The SMILES string of the molecule is Cc1ccc(-c2cc3c4nnc(SCC(=O)Nc5cccc(C(F)(F)F)c5)n4ccn3n2)cc1. The largest absolute Gasteiger partial charge is 0.416 e. The highest BCUT2D eigenvalue weighted by atomic mass is 32.2. The van der Waals surface area contributed by atoms with Crippen molar-refractivity contribution in [2.75, 3.05) is 11.1 Å². The monoisotopic (exact) mass is 482 g/mol. The van der Waals surface area contributed by atoms with Gasteiger partial charge < -0.3 is 5.32 Å². The van der Waals surface area contributed by atoms with Gasteiger partial charge in [0.25, 0.3) is 0 Å². The Morgan fingerprint density at radius 1 is 1.06 bits per heavy atom. The molecule has 0 atom stereocenters. The van der Waals surface area contributed by atoms with Crippen molar-refractivity contribution in [3.05, 3.63) is 78.1 Å². The number of hydrogen-bond donors (Lipinski definition) is 1. The van der Waals surface area contributed by atoms with Gasteiger partial charge in [-0.3, -0.25) is 9.20 Å². The van der Waals surface area contributed by atoms with E-state index in [0.29, 0.717) is 10.8 Å². The van der Waals surface area contributed by atoms with Crippen molar-refractivity contribution in [3.63, 3.8) is 0 Å². The number of thioether (sulfide) groups is 1. The summed E-state index contributed by atoms with van der Waals surface area (Å²) in [7, 11) is 0. The molecule has 3 heterocycles. The Kier molecular flexibility index (Phi) is 5.48. The van der Waals surface area contributed by atoms with Gasteiger partial charge in [0, 0.05) is 23.6 Å². The molecule has 11 heteroatoms. The average Bonchev–Trinajstić information content (AvgIpc) is 3.42. The number of benzene rings is 2. The fourth-order valence-corrected chi connectivity index (χ4v) is 4.17. The molecule has 7 nitrogen and oxygen atoms in total. The molecule has 2 aromatic carbocycles. The Hall–Kier alpha value is -3.86. The topological polar surface area (TPSA) is 76.6 Å². The first-order valence-corrected chi connectivity index (χ1v) is 11.2. The third-order valence-corrected chi connectivity index (χ3v) is 6.08. The van der Waals surface area contributed by atoms with Gasteiger partial charge in [0.1, 0.15) is 5.52 Å². The van der Waals surface area contributed by atoms with Crippen LogP contribution in [-0.4, -0.2) is 35.9 Å². The van der Waals surface area contributed by atoms with Crippen LogP contribution < -0.4 is 5.32 Å². The van der Waals surface area contributed by atoms with Crippen LogP contribution in [0.5, 0.6) is 0 Å². The van der Waals surface area contributed by atoms with Crippen molar-refractivity contribution in [1.82, 2.24) is 24.2 Å². The fraction of sp³-hybridized carbons (Fsp3) is 0.130. The van der Waals surface area contributed by atoms with Gasteiger partial charge in [0.2, 0.25) is 5.91 Å². The minimum absolute atomic E-state index is 0.0455. The summed E-state index contributed by atoms with van der Waals surface area (Å²) < 4.78 is 42.1. The summed E-state index contributed by atoms with van der Waals surface area (Å²) in [5.74, 6) is -0.496. The van der Waals surface area contributed by atoms with Crippen LogP contribution in [0.3, 0.4) is 0 Å². The number of alkyl halides is 3. The first-order valence-electron chi connectivity index (χ1n) is 10.2. The lowest BCUT2D eigenvalue weighted by Gasteiger charge is -2.09. The second-order valence-electron chi connectivity index (χ2n) is 7.62. The maximum absolute atomic E-state index is 12.9. The molecular formula is C23H17F3N6OS. The molecule has 0 fully saturated rings. The summed E-state index contributed by atoms with van der Waals surface area (Å²) >= 11 is 1.13. The molecule has 0 saturated carbocycles. The standard InChI is InChI=1S/C23H17F3N6OS/c1-14-5-7-15(8-6-14)18-12-19-21-28-29-22(31(21)9-10-32(19)30-18)34-13-20(33)27-17-4-2-3-16(11-17)23(24,25)26/h2-12H,13H2,1H3,(H,27,33). The first kappa shape index (κ1) is 22.0.